The number of aryl methyl sites for hydroxylation is 1. The van der Waals surface area contributed by atoms with Gasteiger partial charge in [0.05, 0.1) is 11.9 Å². The highest BCUT2D eigenvalue weighted by atomic mass is 16.4. The van der Waals surface area contributed by atoms with E-state index >= 15 is 0 Å². The number of carboxylic acids is 1. The average molecular weight is 253 g/mol. The lowest BCUT2D eigenvalue weighted by Gasteiger charge is -2.13. The first-order chi connectivity index (χ1) is 8.52. The molecule has 7 nitrogen and oxygen atoms in total. The number of carboxylic acid groups (broad SMARTS) is 1. The van der Waals surface area contributed by atoms with Crippen molar-refractivity contribution in [2.45, 2.75) is 19.4 Å². The van der Waals surface area contributed by atoms with Gasteiger partial charge in [-0.3, -0.25) is 4.98 Å². The van der Waals surface area contributed by atoms with Crippen molar-refractivity contribution in [1.29, 1.82) is 0 Å². The number of hydrogen-bond donors (Lipinski definition) is 4. The summed E-state index contributed by atoms with van der Waals surface area (Å²) in [5.74, 6) is -1.19. The van der Waals surface area contributed by atoms with E-state index < -0.39 is 18.0 Å². The zero-order valence-electron chi connectivity index (χ0n) is 9.88. The topological polar surface area (TPSA) is 112 Å². The molecule has 0 fully saturated rings. The van der Waals surface area contributed by atoms with Crippen molar-refractivity contribution < 1.29 is 19.8 Å². The Bertz CT molecular complexity index is 419. The van der Waals surface area contributed by atoms with Gasteiger partial charge in [-0.05, 0) is 19.1 Å². The lowest BCUT2D eigenvalue weighted by molar-refractivity contribution is -0.139. The molecule has 0 aliphatic rings. The van der Waals surface area contributed by atoms with Crippen LogP contribution in [0.3, 0.4) is 0 Å². The summed E-state index contributed by atoms with van der Waals surface area (Å²) in [7, 11) is 0. The van der Waals surface area contributed by atoms with Crippen LogP contribution in [-0.2, 0) is 4.79 Å². The van der Waals surface area contributed by atoms with E-state index in [1.807, 2.05) is 6.92 Å². The molecule has 7 heteroatoms. The van der Waals surface area contributed by atoms with Crippen LogP contribution in [0.25, 0.3) is 0 Å². The Hall–Kier alpha value is -2.15. The van der Waals surface area contributed by atoms with E-state index in [9.17, 15) is 9.59 Å². The second kappa shape index (κ2) is 6.55. The van der Waals surface area contributed by atoms with Gasteiger partial charge in [0.1, 0.15) is 6.04 Å². The maximum atomic E-state index is 11.5. The molecule has 1 atom stereocenters. The Balaban J connectivity index is 2.54. The van der Waals surface area contributed by atoms with Crippen molar-refractivity contribution >= 4 is 17.7 Å². The van der Waals surface area contributed by atoms with Crippen LogP contribution in [0.15, 0.2) is 18.3 Å². The number of anilines is 1. The zero-order valence-corrected chi connectivity index (χ0v) is 9.88. The maximum absolute atomic E-state index is 11.5. The predicted octanol–water partition coefficient (Wildman–Crippen LogP) is 0.347. The number of aliphatic hydroxyl groups excluding tert-OH is 1. The fourth-order valence-electron chi connectivity index (χ4n) is 1.25. The van der Waals surface area contributed by atoms with Gasteiger partial charge < -0.3 is 20.8 Å². The molecular weight excluding hydrogens is 238 g/mol. The van der Waals surface area contributed by atoms with Crippen molar-refractivity contribution in [3.8, 4) is 0 Å². The maximum Gasteiger partial charge on any atom is 0.326 e. The molecular formula is C11H15N3O4. The van der Waals surface area contributed by atoms with E-state index in [4.69, 9.17) is 10.2 Å². The van der Waals surface area contributed by atoms with Crippen LogP contribution in [0.1, 0.15) is 12.1 Å². The van der Waals surface area contributed by atoms with Gasteiger partial charge in [0, 0.05) is 18.7 Å². The number of rotatable bonds is 5. The molecule has 2 amide bonds. The van der Waals surface area contributed by atoms with E-state index in [0.717, 1.165) is 5.69 Å². The molecule has 0 bridgehead atoms. The summed E-state index contributed by atoms with van der Waals surface area (Å²) in [5.41, 5.74) is 1.27. The third-order valence-corrected chi connectivity index (χ3v) is 2.19. The summed E-state index contributed by atoms with van der Waals surface area (Å²) >= 11 is 0. The first-order valence-corrected chi connectivity index (χ1v) is 5.36. The predicted molar refractivity (Wildman–Crippen MR) is 64.3 cm³/mol. The molecule has 18 heavy (non-hydrogen) atoms. The number of carbonyl (C=O) groups excluding carboxylic acids is 1. The molecule has 0 radical (unpaired) electrons. The Kier molecular flexibility index (Phi) is 5.06. The van der Waals surface area contributed by atoms with Crippen LogP contribution in [-0.4, -0.2) is 39.8 Å². The number of aliphatic hydroxyl groups is 1. The van der Waals surface area contributed by atoms with Crippen molar-refractivity contribution in [2.24, 2.45) is 0 Å². The van der Waals surface area contributed by atoms with Gasteiger partial charge in [0.2, 0.25) is 0 Å². The van der Waals surface area contributed by atoms with Crippen molar-refractivity contribution in [3.63, 3.8) is 0 Å². The zero-order chi connectivity index (χ0) is 13.5. The van der Waals surface area contributed by atoms with E-state index in [1.165, 1.54) is 6.20 Å². The van der Waals surface area contributed by atoms with Crippen LogP contribution in [0.5, 0.6) is 0 Å². The van der Waals surface area contributed by atoms with Gasteiger partial charge >= 0.3 is 12.0 Å². The molecule has 0 saturated heterocycles. The first kappa shape index (κ1) is 13.9. The van der Waals surface area contributed by atoms with Gasteiger partial charge in [0.25, 0.3) is 0 Å². The molecule has 1 aromatic heterocycles. The van der Waals surface area contributed by atoms with Crippen LogP contribution >= 0.6 is 0 Å². The number of hydrogen-bond acceptors (Lipinski definition) is 4. The molecule has 1 rings (SSSR count). The number of amides is 2. The molecule has 1 aromatic rings. The minimum Gasteiger partial charge on any atom is -0.480 e. The number of urea groups is 1. The van der Waals surface area contributed by atoms with E-state index in [2.05, 4.69) is 15.6 Å². The Morgan fingerprint density at radius 1 is 1.44 bits per heavy atom. The second-order valence-corrected chi connectivity index (χ2v) is 3.69. The summed E-state index contributed by atoms with van der Waals surface area (Å²) in [6, 6.07) is 1.61. The lowest BCUT2D eigenvalue weighted by atomic mass is 10.2. The molecule has 98 valence electrons. The molecule has 0 aliphatic heterocycles. The molecule has 0 aliphatic carbocycles. The molecule has 1 heterocycles. The van der Waals surface area contributed by atoms with Crippen molar-refractivity contribution in [2.75, 3.05) is 11.9 Å². The smallest absolute Gasteiger partial charge is 0.326 e. The standard InChI is InChI=1S/C11H15N3O4/c1-7-2-3-8(6-12-7)13-11(18)14-9(4-5-15)10(16)17/h2-3,6,9,15H,4-5H2,1H3,(H,16,17)(H2,13,14,18). The molecule has 1 unspecified atom stereocenters. The second-order valence-electron chi connectivity index (χ2n) is 3.69. The Morgan fingerprint density at radius 3 is 2.67 bits per heavy atom. The van der Waals surface area contributed by atoms with E-state index in [-0.39, 0.29) is 13.0 Å². The average Bonchev–Trinajstić information content (AvgIpc) is 2.31. The minimum atomic E-state index is -1.19. The van der Waals surface area contributed by atoms with Gasteiger partial charge in [-0.2, -0.15) is 0 Å². The number of pyridine rings is 1. The number of nitrogens with one attached hydrogen (secondary N) is 2. The quantitative estimate of drug-likeness (QED) is 0.605. The normalized spacial score (nSPS) is 11.7. The summed E-state index contributed by atoms with van der Waals surface area (Å²) in [6.07, 6.45) is 1.42. The molecule has 0 aromatic carbocycles. The number of carbonyl (C=O) groups is 2. The summed E-state index contributed by atoms with van der Waals surface area (Å²) < 4.78 is 0. The number of aliphatic carboxylic acids is 1. The Labute approximate surface area is 104 Å². The summed E-state index contributed by atoms with van der Waals surface area (Å²) in [4.78, 5) is 26.2. The highest BCUT2D eigenvalue weighted by Crippen LogP contribution is 2.05. The molecule has 0 saturated carbocycles. The van der Waals surface area contributed by atoms with Gasteiger partial charge in [-0.25, -0.2) is 9.59 Å². The van der Waals surface area contributed by atoms with Gasteiger partial charge in [-0.15, -0.1) is 0 Å². The SMILES string of the molecule is Cc1ccc(NC(=O)NC(CCO)C(=O)O)cn1. The van der Waals surface area contributed by atoms with Gasteiger partial charge in [0.15, 0.2) is 0 Å². The fourth-order valence-corrected chi connectivity index (χ4v) is 1.25. The van der Waals surface area contributed by atoms with Crippen LogP contribution in [0, 0.1) is 6.92 Å². The Morgan fingerprint density at radius 2 is 2.17 bits per heavy atom. The minimum absolute atomic E-state index is 0.0467. The monoisotopic (exact) mass is 253 g/mol. The summed E-state index contributed by atoms with van der Waals surface area (Å²) in [5, 5.41) is 22.2. The highest BCUT2D eigenvalue weighted by Gasteiger charge is 2.18. The van der Waals surface area contributed by atoms with Crippen LogP contribution < -0.4 is 10.6 Å². The number of aromatic nitrogens is 1. The molecule has 4 N–H and O–H groups in total. The van der Waals surface area contributed by atoms with Crippen molar-refractivity contribution in [1.82, 2.24) is 10.3 Å². The third-order valence-electron chi connectivity index (χ3n) is 2.19. The first-order valence-electron chi connectivity index (χ1n) is 5.36. The van der Waals surface area contributed by atoms with Gasteiger partial charge in [-0.1, -0.05) is 0 Å². The lowest BCUT2D eigenvalue weighted by Crippen LogP contribution is -2.43. The number of nitrogens with zero attached hydrogens (tertiary/aromatic N) is 1. The highest BCUT2D eigenvalue weighted by molar-refractivity contribution is 5.92. The van der Waals surface area contributed by atoms with Crippen LogP contribution in [0.2, 0.25) is 0 Å². The molecule has 0 spiro atoms. The fraction of sp³-hybridized carbons (Fsp3) is 0.364. The van der Waals surface area contributed by atoms with Crippen molar-refractivity contribution in [3.05, 3.63) is 24.0 Å². The largest absolute Gasteiger partial charge is 0.480 e. The third kappa shape index (κ3) is 4.38. The van der Waals surface area contributed by atoms with E-state index in [1.54, 1.807) is 12.1 Å². The summed E-state index contributed by atoms with van der Waals surface area (Å²) in [6.45, 7) is 1.49. The van der Waals surface area contributed by atoms with Crippen LogP contribution in [0.4, 0.5) is 10.5 Å². The van der Waals surface area contributed by atoms with E-state index in [0.29, 0.717) is 5.69 Å².